The maximum atomic E-state index is 5.43. The van der Waals surface area contributed by atoms with E-state index in [0.29, 0.717) is 4.99 Å². The Labute approximate surface area is 60.9 Å². The second-order valence-electron chi connectivity index (χ2n) is 2.34. The summed E-state index contributed by atoms with van der Waals surface area (Å²) in [6.07, 6.45) is 6.96. The monoisotopic (exact) mass is 141 g/mol. The van der Waals surface area contributed by atoms with Crippen LogP contribution in [0.15, 0.2) is 11.6 Å². The maximum Gasteiger partial charge on any atom is 0.0991 e. The Morgan fingerprint density at radius 3 is 2.67 bits per heavy atom. The van der Waals surface area contributed by atoms with Crippen LogP contribution >= 0.6 is 12.2 Å². The largest absolute Gasteiger partial charge is 0.390 e. The van der Waals surface area contributed by atoms with Gasteiger partial charge in [-0.1, -0.05) is 18.3 Å². The molecule has 2 N–H and O–H groups in total. The zero-order valence-corrected chi connectivity index (χ0v) is 6.21. The van der Waals surface area contributed by atoms with E-state index in [1.807, 2.05) is 0 Å². The first-order valence-electron chi connectivity index (χ1n) is 3.29. The van der Waals surface area contributed by atoms with Gasteiger partial charge in [-0.25, -0.2) is 0 Å². The zero-order chi connectivity index (χ0) is 6.69. The fraction of sp³-hybridized carbons (Fsp3) is 0.571. The van der Waals surface area contributed by atoms with E-state index in [1.54, 1.807) is 0 Å². The van der Waals surface area contributed by atoms with Crippen LogP contribution in [0.2, 0.25) is 0 Å². The number of hydrogen-bond acceptors (Lipinski definition) is 1. The Bertz CT molecular complexity index is 149. The summed E-state index contributed by atoms with van der Waals surface area (Å²) in [6.45, 7) is 0. The van der Waals surface area contributed by atoms with Gasteiger partial charge in [0.1, 0.15) is 0 Å². The molecule has 0 heterocycles. The highest BCUT2D eigenvalue weighted by molar-refractivity contribution is 7.80. The molecule has 0 saturated heterocycles. The molecule has 9 heavy (non-hydrogen) atoms. The highest BCUT2D eigenvalue weighted by atomic mass is 32.1. The van der Waals surface area contributed by atoms with E-state index in [2.05, 4.69) is 6.08 Å². The summed E-state index contributed by atoms with van der Waals surface area (Å²) >= 11 is 4.82. The van der Waals surface area contributed by atoms with Crippen LogP contribution in [-0.4, -0.2) is 4.99 Å². The normalized spacial score (nSPS) is 18.9. The van der Waals surface area contributed by atoms with Gasteiger partial charge in [-0.2, -0.15) is 0 Å². The van der Waals surface area contributed by atoms with Gasteiger partial charge in [-0.15, -0.1) is 0 Å². The summed E-state index contributed by atoms with van der Waals surface area (Å²) in [6, 6.07) is 0. The average molecular weight is 141 g/mol. The minimum Gasteiger partial charge on any atom is -0.390 e. The third-order valence-corrected chi connectivity index (χ3v) is 1.87. The van der Waals surface area contributed by atoms with Gasteiger partial charge in [-0.05, 0) is 31.3 Å². The van der Waals surface area contributed by atoms with Gasteiger partial charge in [0, 0.05) is 0 Å². The molecule has 0 radical (unpaired) electrons. The van der Waals surface area contributed by atoms with E-state index in [4.69, 9.17) is 18.0 Å². The number of thiocarbonyl (C=S) groups is 1. The van der Waals surface area contributed by atoms with E-state index >= 15 is 0 Å². The number of hydrogen-bond donors (Lipinski definition) is 1. The summed E-state index contributed by atoms with van der Waals surface area (Å²) in [5.74, 6) is 0. The molecule has 0 aromatic rings. The van der Waals surface area contributed by atoms with Gasteiger partial charge in [0.05, 0.1) is 4.99 Å². The maximum absolute atomic E-state index is 5.43. The lowest BCUT2D eigenvalue weighted by molar-refractivity contribution is 0.717. The van der Waals surface area contributed by atoms with Crippen LogP contribution in [0.4, 0.5) is 0 Å². The molecule has 0 unspecified atom stereocenters. The van der Waals surface area contributed by atoms with Crippen molar-refractivity contribution >= 4 is 17.2 Å². The van der Waals surface area contributed by atoms with Gasteiger partial charge in [0.15, 0.2) is 0 Å². The van der Waals surface area contributed by atoms with E-state index < -0.39 is 0 Å². The summed E-state index contributed by atoms with van der Waals surface area (Å²) in [5.41, 5.74) is 6.62. The van der Waals surface area contributed by atoms with Crippen LogP contribution in [0.25, 0.3) is 0 Å². The molecule has 0 aromatic heterocycles. The van der Waals surface area contributed by atoms with Gasteiger partial charge >= 0.3 is 0 Å². The molecule has 2 heteroatoms. The fourth-order valence-electron chi connectivity index (χ4n) is 1.06. The molecule has 0 aliphatic heterocycles. The van der Waals surface area contributed by atoms with Crippen LogP contribution in [0.3, 0.4) is 0 Å². The van der Waals surface area contributed by atoms with Crippen molar-refractivity contribution in [1.29, 1.82) is 0 Å². The lowest BCUT2D eigenvalue weighted by Crippen LogP contribution is -2.12. The molecule has 1 aliphatic carbocycles. The Kier molecular flexibility index (Phi) is 2.22. The molecular weight excluding hydrogens is 130 g/mol. The van der Waals surface area contributed by atoms with Gasteiger partial charge < -0.3 is 5.73 Å². The molecule has 0 amide bonds. The molecule has 0 saturated carbocycles. The Hall–Kier alpha value is -0.370. The first-order valence-corrected chi connectivity index (χ1v) is 3.70. The molecule has 1 rings (SSSR count). The quantitative estimate of drug-likeness (QED) is 0.563. The molecule has 1 aliphatic rings. The van der Waals surface area contributed by atoms with Crippen molar-refractivity contribution in [3.8, 4) is 0 Å². The topological polar surface area (TPSA) is 26.0 Å². The molecule has 1 nitrogen and oxygen atoms in total. The van der Waals surface area contributed by atoms with Crippen molar-refractivity contribution in [2.24, 2.45) is 5.73 Å². The van der Waals surface area contributed by atoms with Crippen LogP contribution in [0.5, 0.6) is 0 Å². The van der Waals surface area contributed by atoms with Crippen molar-refractivity contribution in [3.63, 3.8) is 0 Å². The van der Waals surface area contributed by atoms with E-state index in [-0.39, 0.29) is 0 Å². The first-order chi connectivity index (χ1) is 4.30. The molecule has 0 spiro atoms. The molecule has 0 bridgehead atoms. The summed E-state index contributed by atoms with van der Waals surface area (Å²) in [7, 11) is 0. The van der Waals surface area contributed by atoms with Crippen molar-refractivity contribution in [1.82, 2.24) is 0 Å². The molecule has 50 valence electrons. The minimum atomic E-state index is 0.592. The zero-order valence-electron chi connectivity index (χ0n) is 5.39. The number of allylic oxidation sites excluding steroid dienone is 1. The van der Waals surface area contributed by atoms with Crippen molar-refractivity contribution in [3.05, 3.63) is 11.6 Å². The smallest absolute Gasteiger partial charge is 0.0991 e. The molecule has 0 atom stereocenters. The Morgan fingerprint density at radius 1 is 1.56 bits per heavy atom. The SMILES string of the molecule is NC(=S)C1=CCCCC1. The molecule has 0 aromatic carbocycles. The van der Waals surface area contributed by atoms with Crippen molar-refractivity contribution in [2.45, 2.75) is 25.7 Å². The highest BCUT2D eigenvalue weighted by Crippen LogP contribution is 2.16. The average Bonchev–Trinajstić information content (AvgIpc) is 1.90. The van der Waals surface area contributed by atoms with Crippen molar-refractivity contribution < 1.29 is 0 Å². The number of nitrogens with two attached hydrogens (primary N) is 1. The van der Waals surface area contributed by atoms with Gasteiger partial charge in [0.25, 0.3) is 0 Å². The Morgan fingerprint density at radius 2 is 2.33 bits per heavy atom. The van der Waals surface area contributed by atoms with Crippen LogP contribution in [-0.2, 0) is 0 Å². The standard InChI is InChI=1S/C7H11NS/c8-7(9)6-4-2-1-3-5-6/h4H,1-3,5H2,(H2,8,9). The summed E-state index contributed by atoms with van der Waals surface area (Å²) in [5, 5.41) is 0. The lowest BCUT2D eigenvalue weighted by Gasteiger charge is -2.09. The van der Waals surface area contributed by atoms with E-state index in [0.717, 1.165) is 12.8 Å². The minimum absolute atomic E-state index is 0.592. The van der Waals surface area contributed by atoms with Crippen LogP contribution in [0, 0.1) is 0 Å². The van der Waals surface area contributed by atoms with E-state index in [9.17, 15) is 0 Å². The Balaban J connectivity index is 2.57. The van der Waals surface area contributed by atoms with Crippen LogP contribution < -0.4 is 5.73 Å². The second-order valence-corrected chi connectivity index (χ2v) is 2.78. The predicted octanol–water partition coefficient (Wildman–Crippen LogP) is 1.77. The summed E-state index contributed by atoms with van der Waals surface area (Å²) in [4.78, 5) is 0.592. The lowest BCUT2D eigenvalue weighted by atomic mass is 10.00. The van der Waals surface area contributed by atoms with Crippen molar-refractivity contribution in [2.75, 3.05) is 0 Å². The molecule has 0 fully saturated rings. The van der Waals surface area contributed by atoms with Gasteiger partial charge in [0.2, 0.25) is 0 Å². The van der Waals surface area contributed by atoms with E-state index in [1.165, 1.54) is 18.4 Å². The second kappa shape index (κ2) is 2.97. The van der Waals surface area contributed by atoms with Gasteiger partial charge in [-0.3, -0.25) is 0 Å². The summed E-state index contributed by atoms with van der Waals surface area (Å²) < 4.78 is 0. The predicted molar refractivity (Wildman–Crippen MR) is 43.3 cm³/mol. The third-order valence-electron chi connectivity index (χ3n) is 1.61. The first kappa shape index (κ1) is 6.75. The third kappa shape index (κ3) is 1.79. The number of rotatable bonds is 1. The van der Waals surface area contributed by atoms with Crippen LogP contribution in [0.1, 0.15) is 25.7 Å². The fourth-order valence-corrected chi connectivity index (χ4v) is 1.25. The highest BCUT2D eigenvalue weighted by Gasteiger charge is 2.04. The molecular formula is C7H11NS.